The van der Waals surface area contributed by atoms with Gasteiger partial charge in [0.05, 0.1) is 32.5 Å². The van der Waals surface area contributed by atoms with Crippen LogP contribution in [0, 0.1) is 0 Å². The van der Waals surface area contributed by atoms with Crippen molar-refractivity contribution in [3.05, 3.63) is 40.9 Å². The lowest BCUT2D eigenvalue weighted by molar-refractivity contribution is -0.139. The zero-order valence-corrected chi connectivity index (χ0v) is 12.5. The summed E-state index contributed by atoms with van der Waals surface area (Å²) in [6, 6.07) is 7.52. The summed E-state index contributed by atoms with van der Waals surface area (Å²) in [5, 5.41) is 6.51. The Hall–Kier alpha value is -2.41. The number of rotatable bonds is 6. The van der Waals surface area contributed by atoms with Gasteiger partial charge in [-0.2, -0.15) is 5.10 Å². The Morgan fingerprint density at radius 3 is 2.81 bits per heavy atom. The molecule has 1 heterocycles. The minimum Gasteiger partial charge on any atom is -0.497 e. The van der Waals surface area contributed by atoms with Gasteiger partial charge in [0.1, 0.15) is 5.75 Å². The largest absolute Gasteiger partial charge is 0.497 e. The van der Waals surface area contributed by atoms with E-state index in [9.17, 15) is 4.79 Å². The fraction of sp³-hybridized carbons (Fsp3) is 0.214. The number of carbonyl (C=O) groups excluding carboxylic acids is 1. The summed E-state index contributed by atoms with van der Waals surface area (Å²) < 4.78 is 9.67. The molecule has 0 fully saturated rings. The van der Waals surface area contributed by atoms with Crippen LogP contribution >= 0.6 is 11.3 Å². The lowest BCUT2D eigenvalue weighted by Gasteiger charge is -1.98. The summed E-state index contributed by atoms with van der Waals surface area (Å²) in [7, 11) is 2.98. The number of nitrogens with one attached hydrogen (secondary N) is 1. The van der Waals surface area contributed by atoms with Gasteiger partial charge in [0.25, 0.3) is 0 Å². The standard InChI is InChI=1S/C14H15N3O3S/c1-19-12-5-3-10(4-6-12)8-15-17-14-16-11(9-21-14)7-13(18)20-2/h3-6,8-9H,7H2,1-2H3,(H,16,17)/b15-8-. The Labute approximate surface area is 126 Å². The lowest BCUT2D eigenvalue weighted by atomic mass is 10.2. The number of esters is 1. The van der Waals surface area contributed by atoms with Crippen molar-refractivity contribution in [1.82, 2.24) is 4.98 Å². The van der Waals surface area contributed by atoms with Crippen LogP contribution in [0.15, 0.2) is 34.7 Å². The molecule has 2 aromatic rings. The lowest BCUT2D eigenvalue weighted by Crippen LogP contribution is -2.04. The van der Waals surface area contributed by atoms with Crippen LogP contribution in [0.4, 0.5) is 5.13 Å². The number of aromatic nitrogens is 1. The zero-order chi connectivity index (χ0) is 15.1. The average Bonchev–Trinajstić information content (AvgIpc) is 2.95. The molecule has 6 nitrogen and oxygen atoms in total. The van der Waals surface area contributed by atoms with E-state index in [2.05, 4.69) is 20.2 Å². The Kier molecular flexibility index (Phi) is 5.28. The van der Waals surface area contributed by atoms with Gasteiger partial charge in [-0.3, -0.25) is 10.2 Å². The third-order valence-electron chi connectivity index (χ3n) is 2.59. The Balaban J connectivity index is 1.89. The third-order valence-corrected chi connectivity index (χ3v) is 3.39. The molecule has 7 heteroatoms. The van der Waals surface area contributed by atoms with Crippen LogP contribution in [0.3, 0.4) is 0 Å². The molecular formula is C14H15N3O3S. The van der Waals surface area contributed by atoms with Crippen molar-refractivity contribution in [3.8, 4) is 5.75 Å². The second-order valence-electron chi connectivity index (χ2n) is 4.04. The van der Waals surface area contributed by atoms with Gasteiger partial charge >= 0.3 is 5.97 Å². The van der Waals surface area contributed by atoms with Crippen LogP contribution in [-0.2, 0) is 16.0 Å². The number of hydrogen-bond acceptors (Lipinski definition) is 7. The van der Waals surface area contributed by atoms with Crippen molar-refractivity contribution in [2.24, 2.45) is 5.10 Å². The van der Waals surface area contributed by atoms with Crippen molar-refractivity contribution in [2.45, 2.75) is 6.42 Å². The van der Waals surface area contributed by atoms with Gasteiger partial charge in [0.15, 0.2) is 0 Å². The summed E-state index contributed by atoms with van der Waals surface area (Å²) in [5.41, 5.74) is 4.43. The molecule has 0 amide bonds. The molecule has 0 aliphatic carbocycles. The first-order chi connectivity index (χ1) is 10.2. The van der Waals surface area contributed by atoms with Crippen molar-refractivity contribution < 1.29 is 14.3 Å². The SMILES string of the molecule is COC(=O)Cc1csc(N/N=C\c2ccc(OC)cc2)n1. The third kappa shape index (κ3) is 4.57. The van der Waals surface area contributed by atoms with E-state index in [1.54, 1.807) is 18.7 Å². The number of anilines is 1. The summed E-state index contributed by atoms with van der Waals surface area (Å²) in [6.45, 7) is 0. The van der Waals surface area contributed by atoms with Gasteiger partial charge in [-0.25, -0.2) is 4.98 Å². The number of thiazole rings is 1. The van der Waals surface area contributed by atoms with Crippen LogP contribution in [-0.4, -0.2) is 31.4 Å². The van der Waals surface area contributed by atoms with Crippen LogP contribution in [0.5, 0.6) is 5.75 Å². The van der Waals surface area contributed by atoms with E-state index >= 15 is 0 Å². The fourth-order valence-electron chi connectivity index (χ4n) is 1.51. The van der Waals surface area contributed by atoms with E-state index in [4.69, 9.17) is 4.74 Å². The van der Waals surface area contributed by atoms with Gasteiger partial charge in [-0.1, -0.05) is 0 Å². The fourth-order valence-corrected chi connectivity index (χ4v) is 2.17. The van der Waals surface area contributed by atoms with Crippen LogP contribution in [0.25, 0.3) is 0 Å². The first kappa shape index (κ1) is 15.0. The van der Waals surface area contributed by atoms with E-state index in [-0.39, 0.29) is 12.4 Å². The van der Waals surface area contributed by atoms with Gasteiger partial charge in [0, 0.05) is 5.38 Å². The van der Waals surface area contributed by atoms with Gasteiger partial charge in [-0.15, -0.1) is 11.3 Å². The number of carbonyl (C=O) groups is 1. The normalized spacial score (nSPS) is 10.6. The molecule has 0 saturated carbocycles. The molecule has 0 spiro atoms. The Bertz CT molecular complexity index is 623. The highest BCUT2D eigenvalue weighted by atomic mass is 32.1. The molecule has 2 rings (SSSR count). The van der Waals surface area contributed by atoms with Crippen molar-refractivity contribution in [2.75, 3.05) is 19.6 Å². The van der Waals surface area contributed by atoms with Crippen molar-refractivity contribution in [3.63, 3.8) is 0 Å². The highest BCUT2D eigenvalue weighted by Crippen LogP contribution is 2.16. The summed E-state index contributed by atoms with van der Waals surface area (Å²) in [5.74, 6) is 0.487. The molecule has 0 saturated heterocycles. The average molecular weight is 305 g/mol. The highest BCUT2D eigenvalue weighted by Gasteiger charge is 2.06. The molecule has 0 atom stereocenters. The molecule has 1 aromatic carbocycles. The summed E-state index contributed by atoms with van der Waals surface area (Å²) in [6.07, 6.45) is 1.84. The van der Waals surface area contributed by atoms with Crippen LogP contribution in [0.1, 0.15) is 11.3 Å². The topological polar surface area (TPSA) is 72.8 Å². The van der Waals surface area contributed by atoms with Crippen molar-refractivity contribution in [1.29, 1.82) is 0 Å². The number of benzene rings is 1. The molecule has 0 aliphatic rings. The van der Waals surface area contributed by atoms with Gasteiger partial charge < -0.3 is 9.47 Å². The molecule has 1 N–H and O–H groups in total. The molecular weight excluding hydrogens is 290 g/mol. The van der Waals surface area contributed by atoms with Crippen LogP contribution < -0.4 is 10.2 Å². The minimum atomic E-state index is -0.311. The number of nitrogens with zero attached hydrogens (tertiary/aromatic N) is 2. The zero-order valence-electron chi connectivity index (χ0n) is 11.7. The predicted octanol–water partition coefficient (Wildman–Crippen LogP) is 2.31. The number of ether oxygens (including phenoxy) is 2. The Morgan fingerprint density at radius 2 is 2.14 bits per heavy atom. The Morgan fingerprint density at radius 1 is 1.38 bits per heavy atom. The van der Waals surface area contributed by atoms with E-state index in [1.165, 1.54) is 18.4 Å². The summed E-state index contributed by atoms with van der Waals surface area (Å²) >= 11 is 1.38. The molecule has 21 heavy (non-hydrogen) atoms. The first-order valence-electron chi connectivity index (χ1n) is 6.15. The predicted molar refractivity (Wildman–Crippen MR) is 82.0 cm³/mol. The van der Waals surface area contributed by atoms with E-state index in [1.807, 2.05) is 24.3 Å². The molecule has 1 aromatic heterocycles. The number of hydrogen-bond donors (Lipinski definition) is 1. The second kappa shape index (κ2) is 7.39. The van der Waals surface area contributed by atoms with E-state index in [0.717, 1.165) is 11.3 Å². The minimum absolute atomic E-state index is 0.164. The maximum atomic E-state index is 11.1. The maximum Gasteiger partial charge on any atom is 0.311 e. The van der Waals surface area contributed by atoms with E-state index in [0.29, 0.717) is 10.8 Å². The van der Waals surface area contributed by atoms with E-state index < -0.39 is 0 Å². The summed E-state index contributed by atoms with van der Waals surface area (Å²) in [4.78, 5) is 15.4. The molecule has 0 bridgehead atoms. The number of hydrazone groups is 1. The second-order valence-corrected chi connectivity index (χ2v) is 4.90. The molecule has 110 valence electrons. The first-order valence-corrected chi connectivity index (χ1v) is 7.03. The number of methoxy groups -OCH3 is 2. The molecule has 0 unspecified atom stereocenters. The molecule has 0 aliphatic heterocycles. The molecule has 0 radical (unpaired) electrons. The van der Waals surface area contributed by atoms with Gasteiger partial charge in [0.2, 0.25) is 5.13 Å². The quantitative estimate of drug-likeness (QED) is 0.504. The highest BCUT2D eigenvalue weighted by molar-refractivity contribution is 7.13. The van der Waals surface area contributed by atoms with Crippen LogP contribution in [0.2, 0.25) is 0 Å². The smallest absolute Gasteiger partial charge is 0.311 e. The van der Waals surface area contributed by atoms with Crippen molar-refractivity contribution >= 4 is 28.7 Å². The maximum absolute atomic E-state index is 11.1. The van der Waals surface area contributed by atoms with Gasteiger partial charge in [-0.05, 0) is 29.8 Å². The monoisotopic (exact) mass is 305 g/mol.